The third-order valence-electron chi connectivity index (χ3n) is 6.49. The zero-order valence-electron chi connectivity index (χ0n) is 19.4. The Kier molecular flexibility index (Phi) is 6.63. The van der Waals surface area contributed by atoms with Crippen molar-refractivity contribution >= 4 is 26.6 Å². The Hall–Kier alpha value is -3.02. The zero-order valence-corrected chi connectivity index (χ0v) is 20.2. The van der Waals surface area contributed by atoms with Gasteiger partial charge in [0.1, 0.15) is 11.8 Å². The first-order chi connectivity index (χ1) is 15.9. The lowest BCUT2D eigenvalue weighted by molar-refractivity contribution is 0.359. The van der Waals surface area contributed by atoms with E-state index in [0.29, 0.717) is 24.3 Å². The second-order valence-corrected chi connectivity index (χ2v) is 10.5. The summed E-state index contributed by atoms with van der Waals surface area (Å²) in [5.74, 6) is 0.845. The van der Waals surface area contributed by atoms with Gasteiger partial charge >= 0.3 is 0 Å². The van der Waals surface area contributed by atoms with Crippen LogP contribution in [0.1, 0.15) is 25.3 Å². The molecule has 1 fully saturated rings. The van der Waals surface area contributed by atoms with Gasteiger partial charge in [-0.05, 0) is 62.7 Å². The number of nitriles is 1. The van der Waals surface area contributed by atoms with Crippen molar-refractivity contribution in [3.05, 3.63) is 48.0 Å². The molecule has 4 rings (SSSR count). The molecule has 1 saturated heterocycles. The molecule has 1 aromatic heterocycles. The Labute approximate surface area is 195 Å². The molecule has 0 bridgehead atoms. The molecule has 1 aliphatic heterocycles. The van der Waals surface area contributed by atoms with Crippen molar-refractivity contribution in [2.45, 2.75) is 26.3 Å². The first-order valence-corrected chi connectivity index (χ1v) is 12.9. The fourth-order valence-electron chi connectivity index (χ4n) is 4.58. The molecule has 0 saturated carbocycles. The van der Waals surface area contributed by atoms with Crippen molar-refractivity contribution in [1.29, 1.82) is 5.26 Å². The summed E-state index contributed by atoms with van der Waals surface area (Å²) in [4.78, 5) is 2.20. The predicted octanol–water partition coefficient (Wildman–Crippen LogP) is 4.07. The first kappa shape index (κ1) is 23.1. The van der Waals surface area contributed by atoms with E-state index in [1.165, 1.54) is 4.31 Å². The number of nitrogens with zero attached hydrogens (tertiary/aromatic N) is 4. The number of likely N-dealkylation sites (tertiary alicyclic amines) is 1. The van der Waals surface area contributed by atoms with Gasteiger partial charge in [-0.3, -0.25) is 4.31 Å². The highest BCUT2D eigenvalue weighted by atomic mass is 32.2. The van der Waals surface area contributed by atoms with E-state index in [-0.39, 0.29) is 5.75 Å². The second kappa shape index (κ2) is 9.46. The number of anilines is 1. The molecule has 0 radical (unpaired) electrons. The standard InChI is InChI=1S/C25H30N4O3S/c1-4-29-24-17-21(32-3)11-12-22(24)23(18-26)25(29)19-7-9-20(10-8-19)27(2)33(30,31)16-15-28-13-5-6-14-28/h7-12,17H,4-6,13-16H2,1-3H3. The molecule has 0 unspecified atom stereocenters. The fraction of sp³-hybridized carbons (Fsp3) is 0.400. The van der Waals surface area contributed by atoms with Crippen LogP contribution in [0.15, 0.2) is 42.5 Å². The fourth-order valence-corrected chi connectivity index (χ4v) is 5.78. The Morgan fingerprint density at radius 2 is 1.82 bits per heavy atom. The van der Waals surface area contributed by atoms with Gasteiger partial charge < -0.3 is 14.2 Å². The van der Waals surface area contributed by atoms with Crippen LogP contribution in [0, 0.1) is 11.3 Å². The molecule has 0 aliphatic carbocycles. The minimum atomic E-state index is -3.41. The molecular formula is C25H30N4O3S. The van der Waals surface area contributed by atoms with Crippen molar-refractivity contribution in [3.63, 3.8) is 0 Å². The van der Waals surface area contributed by atoms with Gasteiger partial charge in [0.05, 0.1) is 35.3 Å². The number of aryl methyl sites for hydroxylation is 1. The van der Waals surface area contributed by atoms with E-state index in [1.54, 1.807) is 14.2 Å². The summed E-state index contributed by atoms with van der Waals surface area (Å²) in [6.45, 7) is 5.25. The lowest BCUT2D eigenvalue weighted by Gasteiger charge is -2.22. The molecule has 0 atom stereocenters. The zero-order chi connectivity index (χ0) is 23.6. The van der Waals surface area contributed by atoms with Gasteiger partial charge in [0.25, 0.3) is 0 Å². The van der Waals surface area contributed by atoms with Crippen LogP contribution in [0.3, 0.4) is 0 Å². The molecule has 2 aromatic carbocycles. The molecule has 3 aromatic rings. The second-order valence-electron chi connectivity index (χ2n) is 8.34. The molecular weight excluding hydrogens is 436 g/mol. The van der Waals surface area contributed by atoms with Crippen LogP contribution in [0.5, 0.6) is 5.75 Å². The van der Waals surface area contributed by atoms with Crippen molar-refractivity contribution in [3.8, 4) is 23.1 Å². The Balaban J connectivity index is 1.65. The summed E-state index contributed by atoms with van der Waals surface area (Å²) in [5.41, 5.74) is 3.85. The third kappa shape index (κ3) is 4.43. The summed E-state index contributed by atoms with van der Waals surface area (Å²) in [5, 5.41) is 10.8. The predicted molar refractivity (Wildman–Crippen MR) is 132 cm³/mol. The summed E-state index contributed by atoms with van der Waals surface area (Å²) in [7, 11) is -0.184. The van der Waals surface area contributed by atoms with Gasteiger partial charge in [-0.15, -0.1) is 0 Å². The van der Waals surface area contributed by atoms with Crippen LogP contribution < -0.4 is 9.04 Å². The van der Waals surface area contributed by atoms with Crippen LogP contribution in [-0.4, -0.2) is 57.4 Å². The van der Waals surface area contributed by atoms with E-state index in [4.69, 9.17) is 4.74 Å². The molecule has 33 heavy (non-hydrogen) atoms. The number of methoxy groups -OCH3 is 1. The lowest BCUT2D eigenvalue weighted by Crippen LogP contribution is -2.34. The van der Waals surface area contributed by atoms with Crippen LogP contribution >= 0.6 is 0 Å². The van der Waals surface area contributed by atoms with Crippen LogP contribution in [0.25, 0.3) is 22.2 Å². The largest absolute Gasteiger partial charge is 0.497 e. The number of fused-ring (bicyclic) bond motifs is 1. The lowest BCUT2D eigenvalue weighted by atomic mass is 10.1. The van der Waals surface area contributed by atoms with E-state index in [0.717, 1.165) is 53.8 Å². The average molecular weight is 467 g/mol. The topological polar surface area (TPSA) is 78.6 Å². The minimum absolute atomic E-state index is 0.107. The maximum atomic E-state index is 12.9. The average Bonchev–Trinajstić information content (AvgIpc) is 3.47. The SMILES string of the molecule is CCn1c(-c2ccc(N(C)S(=O)(=O)CCN3CCCC3)cc2)c(C#N)c2ccc(OC)cc21. The molecule has 174 valence electrons. The van der Waals surface area contributed by atoms with Gasteiger partial charge in [-0.25, -0.2) is 8.42 Å². The van der Waals surface area contributed by atoms with Gasteiger partial charge in [-0.2, -0.15) is 5.26 Å². The van der Waals surface area contributed by atoms with Crippen LogP contribution in [0.2, 0.25) is 0 Å². The maximum Gasteiger partial charge on any atom is 0.236 e. The summed E-state index contributed by atoms with van der Waals surface area (Å²) in [6, 6.07) is 15.5. The molecule has 7 nitrogen and oxygen atoms in total. The van der Waals surface area contributed by atoms with Gasteiger partial charge in [0.15, 0.2) is 0 Å². The summed E-state index contributed by atoms with van der Waals surface area (Å²) < 4.78 is 34.6. The maximum absolute atomic E-state index is 12.9. The quantitative estimate of drug-likeness (QED) is 0.500. The molecule has 8 heteroatoms. The highest BCUT2D eigenvalue weighted by Crippen LogP contribution is 2.36. The molecule has 0 spiro atoms. The van der Waals surface area contributed by atoms with E-state index in [1.807, 2.05) is 49.4 Å². The number of benzene rings is 2. The minimum Gasteiger partial charge on any atom is -0.497 e. The molecule has 0 amide bonds. The van der Waals surface area contributed by atoms with Crippen molar-refractivity contribution in [2.75, 3.05) is 43.8 Å². The van der Waals surface area contributed by atoms with Crippen LogP contribution in [0.4, 0.5) is 5.69 Å². The number of aromatic nitrogens is 1. The highest BCUT2D eigenvalue weighted by Gasteiger charge is 2.22. The van der Waals surface area contributed by atoms with Crippen LogP contribution in [-0.2, 0) is 16.6 Å². The van der Waals surface area contributed by atoms with Crippen molar-refractivity contribution in [2.24, 2.45) is 0 Å². The van der Waals surface area contributed by atoms with E-state index >= 15 is 0 Å². The third-order valence-corrected chi connectivity index (χ3v) is 8.23. The number of hydrogen-bond donors (Lipinski definition) is 0. The number of rotatable bonds is 8. The van der Waals surface area contributed by atoms with Crippen molar-refractivity contribution in [1.82, 2.24) is 9.47 Å². The first-order valence-electron chi connectivity index (χ1n) is 11.3. The Morgan fingerprint density at radius 1 is 1.12 bits per heavy atom. The number of ether oxygens (including phenoxy) is 1. The normalized spacial score (nSPS) is 14.5. The Bertz CT molecular complexity index is 1280. The summed E-state index contributed by atoms with van der Waals surface area (Å²) >= 11 is 0. The van der Waals surface area contributed by atoms with E-state index < -0.39 is 10.0 Å². The number of hydrogen-bond acceptors (Lipinski definition) is 5. The smallest absolute Gasteiger partial charge is 0.236 e. The molecule has 2 heterocycles. The van der Waals surface area contributed by atoms with Gasteiger partial charge in [0, 0.05) is 31.6 Å². The van der Waals surface area contributed by atoms with E-state index in [9.17, 15) is 13.7 Å². The molecule has 1 aliphatic rings. The van der Waals surface area contributed by atoms with E-state index in [2.05, 4.69) is 15.5 Å². The number of sulfonamides is 1. The Morgan fingerprint density at radius 3 is 2.42 bits per heavy atom. The van der Waals surface area contributed by atoms with Gasteiger partial charge in [-0.1, -0.05) is 12.1 Å². The van der Waals surface area contributed by atoms with Crippen molar-refractivity contribution < 1.29 is 13.2 Å². The highest BCUT2D eigenvalue weighted by molar-refractivity contribution is 7.92. The summed E-state index contributed by atoms with van der Waals surface area (Å²) in [6.07, 6.45) is 2.28. The molecule has 0 N–H and O–H groups in total. The van der Waals surface area contributed by atoms with Gasteiger partial charge in [0.2, 0.25) is 10.0 Å². The monoisotopic (exact) mass is 466 g/mol.